The lowest BCUT2D eigenvalue weighted by atomic mass is 10.4. The van der Waals surface area contributed by atoms with Gasteiger partial charge in [-0.05, 0) is 13.3 Å². The van der Waals surface area contributed by atoms with E-state index in [1.165, 1.54) is 29.8 Å². The van der Waals surface area contributed by atoms with Crippen LogP contribution in [0.4, 0.5) is 0 Å². The van der Waals surface area contributed by atoms with Gasteiger partial charge in [0.2, 0.25) is 0 Å². The van der Waals surface area contributed by atoms with E-state index in [1.54, 1.807) is 0 Å². The Balaban J connectivity index is 3.62. The summed E-state index contributed by atoms with van der Waals surface area (Å²) < 4.78 is 11.6. The molecule has 1 unspecified atom stereocenters. The van der Waals surface area contributed by atoms with Crippen LogP contribution in [0.5, 0.6) is 0 Å². The maximum absolute atomic E-state index is 5.99. The minimum absolute atomic E-state index is 0.0197. The fraction of sp³-hybridized carbons (Fsp3) is 1.00. The Morgan fingerprint density at radius 2 is 1.60 bits per heavy atom. The Bertz CT molecular complexity index is 125. The van der Waals surface area contributed by atoms with Crippen molar-refractivity contribution in [2.24, 2.45) is 0 Å². The van der Waals surface area contributed by atoms with Gasteiger partial charge in [0.25, 0.3) is 0 Å². The molecule has 0 fully saturated rings. The van der Waals surface area contributed by atoms with Gasteiger partial charge in [-0.3, -0.25) is 0 Å². The van der Waals surface area contributed by atoms with Gasteiger partial charge in [-0.15, -0.1) is 0 Å². The predicted molar refractivity (Wildman–Crippen MR) is 67.4 cm³/mol. The Kier molecular flexibility index (Phi) is 11.3. The van der Waals surface area contributed by atoms with E-state index in [-0.39, 0.29) is 6.29 Å². The molecular formula is C12H27AlO2. The van der Waals surface area contributed by atoms with Crippen LogP contribution < -0.4 is 0 Å². The molecule has 0 aromatic heterocycles. The van der Waals surface area contributed by atoms with E-state index in [0.29, 0.717) is 0 Å². The van der Waals surface area contributed by atoms with Crippen LogP contribution in [0.2, 0.25) is 10.6 Å². The Hall–Kier alpha value is 0.452. The summed E-state index contributed by atoms with van der Waals surface area (Å²) in [6.07, 6.45) is 4.85. The van der Waals surface area contributed by atoms with Crippen LogP contribution >= 0.6 is 0 Å². The number of hydrogen-bond acceptors (Lipinski definition) is 2. The van der Waals surface area contributed by atoms with Gasteiger partial charge in [0, 0.05) is 6.61 Å². The SMILES string of the molecule is CCCCOC(C)[O][Al]([CH2]CC)[CH2]CC. The number of ether oxygens (including phenoxy) is 1. The van der Waals surface area contributed by atoms with E-state index in [2.05, 4.69) is 20.8 Å². The Morgan fingerprint density at radius 1 is 1.00 bits per heavy atom. The molecule has 2 nitrogen and oxygen atoms in total. The molecule has 0 N–H and O–H groups in total. The maximum Gasteiger partial charge on any atom is 0.462 e. The van der Waals surface area contributed by atoms with Gasteiger partial charge < -0.3 is 8.53 Å². The van der Waals surface area contributed by atoms with Crippen LogP contribution in [0.15, 0.2) is 0 Å². The van der Waals surface area contributed by atoms with Crippen LogP contribution in [0.3, 0.4) is 0 Å². The van der Waals surface area contributed by atoms with E-state index in [9.17, 15) is 0 Å². The highest BCUT2D eigenvalue weighted by atomic mass is 27.2. The zero-order valence-electron chi connectivity index (χ0n) is 10.9. The molecule has 0 rings (SSSR count). The minimum Gasteiger partial charge on any atom is -0.478 e. The molecule has 0 amide bonds. The Labute approximate surface area is 100 Å². The predicted octanol–water partition coefficient (Wildman–Crippen LogP) is 3.98. The van der Waals surface area contributed by atoms with Crippen molar-refractivity contribution in [2.45, 2.75) is 70.2 Å². The topological polar surface area (TPSA) is 18.5 Å². The fourth-order valence-corrected chi connectivity index (χ4v) is 4.10. The summed E-state index contributed by atoms with van der Waals surface area (Å²) in [5, 5.41) is 2.57. The molecule has 0 aliphatic heterocycles. The largest absolute Gasteiger partial charge is 0.478 e. The molecule has 90 valence electrons. The first-order chi connectivity index (χ1) is 7.24. The third-order valence-corrected chi connectivity index (χ3v) is 5.67. The quantitative estimate of drug-likeness (QED) is 0.321. The molecular weight excluding hydrogens is 203 g/mol. The van der Waals surface area contributed by atoms with Gasteiger partial charge in [-0.2, -0.15) is 0 Å². The monoisotopic (exact) mass is 230 g/mol. The van der Waals surface area contributed by atoms with Crippen molar-refractivity contribution in [1.29, 1.82) is 0 Å². The zero-order chi connectivity index (χ0) is 11.5. The van der Waals surface area contributed by atoms with Gasteiger partial charge in [-0.25, -0.2) is 0 Å². The van der Waals surface area contributed by atoms with Gasteiger partial charge in [-0.1, -0.05) is 50.6 Å². The van der Waals surface area contributed by atoms with E-state index >= 15 is 0 Å². The van der Waals surface area contributed by atoms with E-state index < -0.39 is 14.5 Å². The minimum atomic E-state index is -0.968. The summed E-state index contributed by atoms with van der Waals surface area (Å²) in [4.78, 5) is 0. The lowest BCUT2D eigenvalue weighted by Gasteiger charge is -2.19. The van der Waals surface area contributed by atoms with Crippen molar-refractivity contribution in [1.82, 2.24) is 0 Å². The van der Waals surface area contributed by atoms with Gasteiger partial charge in [0.15, 0.2) is 0 Å². The van der Waals surface area contributed by atoms with E-state index in [4.69, 9.17) is 8.53 Å². The van der Waals surface area contributed by atoms with Crippen LogP contribution in [-0.2, 0) is 8.53 Å². The first-order valence-corrected chi connectivity index (χ1v) is 8.62. The van der Waals surface area contributed by atoms with Crippen molar-refractivity contribution in [3.05, 3.63) is 0 Å². The van der Waals surface area contributed by atoms with Crippen molar-refractivity contribution in [2.75, 3.05) is 6.61 Å². The van der Waals surface area contributed by atoms with Gasteiger partial charge in [0.1, 0.15) is 6.29 Å². The first kappa shape index (κ1) is 15.5. The second kappa shape index (κ2) is 11.0. The van der Waals surface area contributed by atoms with Gasteiger partial charge in [0.05, 0.1) is 0 Å². The second-order valence-corrected chi connectivity index (χ2v) is 6.80. The third-order valence-electron chi connectivity index (χ3n) is 2.46. The van der Waals surface area contributed by atoms with Crippen LogP contribution in [0.1, 0.15) is 53.4 Å². The highest BCUT2D eigenvalue weighted by Gasteiger charge is 2.20. The van der Waals surface area contributed by atoms with Crippen molar-refractivity contribution < 1.29 is 8.53 Å². The summed E-state index contributed by atoms with van der Waals surface area (Å²) in [5.41, 5.74) is 0. The lowest BCUT2D eigenvalue weighted by Crippen LogP contribution is -2.25. The van der Waals surface area contributed by atoms with Crippen LogP contribution in [0, 0.1) is 0 Å². The molecule has 0 heterocycles. The second-order valence-electron chi connectivity index (χ2n) is 4.13. The highest BCUT2D eigenvalue weighted by molar-refractivity contribution is 6.51. The molecule has 0 aliphatic carbocycles. The maximum atomic E-state index is 5.99. The molecule has 0 saturated carbocycles. The van der Waals surface area contributed by atoms with E-state index in [1.807, 2.05) is 6.92 Å². The van der Waals surface area contributed by atoms with Crippen molar-refractivity contribution >= 4 is 14.5 Å². The number of hydrogen-bond donors (Lipinski definition) is 0. The Morgan fingerprint density at radius 3 is 2.07 bits per heavy atom. The number of unbranched alkanes of at least 4 members (excludes halogenated alkanes) is 1. The normalized spacial score (nSPS) is 12.8. The molecule has 15 heavy (non-hydrogen) atoms. The van der Waals surface area contributed by atoms with E-state index in [0.717, 1.165) is 13.0 Å². The average molecular weight is 230 g/mol. The van der Waals surface area contributed by atoms with Gasteiger partial charge >= 0.3 is 14.5 Å². The van der Waals surface area contributed by atoms with Crippen LogP contribution in [-0.4, -0.2) is 27.4 Å². The lowest BCUT2D eigenvalue weighted by molar-refractivity contribution is -0.0705. The van der Waals surface area contributed by atoms with Crippen molar-refractivity contribution in [3.8, 4) is 0 Å². The average Bonchev–Trinajstić information content (AvgIpc) is 2.19. The smallest absolute Gasteiger partial charge is 0.462 e. The molecule has 0 aromatic rings. The summed E-state index contributed by atoms with van der Waals surface area (Å²) in [6.45, 7) is 9.54. The molecule has 0 aromatic carbocycles. The summed E-state index contributed by atoms with van der Waals surface area (Å²) >= 11 is -0.968. The summed E-state index contributed by atoms with van der Waals surface area (Å²) in [6, 6.07) is 0. The first-order valence-electron chi connectivity index (χ1n) is 6.51. The molecule has 0 aliphatic rings. The summed E-state index contributed by atoms with van der Waals surface area (Å²) in [5.74, 6) is 0. The standard InChI is InChI=1S/C6H13O2.2C3H7.Al/c1-3-4-5-8-6(2)7;2*1-3-2;/h6H,3-5H2,1-2H3;2*1,3H2,2H3;/q-1;;;+1. The molecule has 0 saturated heterocycles. The molecule has 0 bridgehead atoms. The van der Waals surface area contributed by atoms with Crippen molar-refractivity contribution in [3.63, 3.8) is 0 Å². The fourth-order valence-electron chi connectivity index (χ4n) is 1.63. The highest BCUT2D eigenvalue weighted by Crippen LogP contribution is 2.10. The number of rotatable bonds is 10. The molecule has 1 atom stereocenters. The zero-order valence-corrected chi connectivity index (χ0v) is 12.1. The summed E-state index contributed by atoms with van der Waals surface area (Å²) in [7, 11) is 0. The molecule has 0 radical (unpaired) electrons. The third kappa shape index (κ3) is 9.39. The molecule has 0 spiro atoms. The molecule has 3 heteroatoms. The van der Waals surface area contributed by atoms with Crippen LogP contribution in [0.25, 0.3) is 0 Å².